The lowest BCUT2D eigenvalue weighted by atomic mass is 10.0. The smallest absolute Gasteiger partial charge is 0.261 e. The number of para-hydroxylation sites is 1. The Kier molecular flexibility index (Phi) is 9.65. The van der Waals surface area contributed by atoms with Gasteiger partial charge in [-0.1, -0.05) is 62.4 Å². The summed E-state index contributed by atoms with van der Waals surface area (Å²) in [6.45, 7) is 6.68. The minimum atomic E-state index is -3.91. The van der Waals surface area contributed by atoms with Gasteiger partial charge in [0.2, 0.25) is 5.91 Å². The maximum atomic E-state index is 13.3. The van der Waals surface area contributed by atoms with Gasteiger partial charge in [0.05, 0.1) is 21.9 Å². The lowest BCUT2D eigenvalue weighted by molar-refractivity contribution is -0.118. The van der Waals surface area contributed by atoms with E-state index in [9.17, 15) is 18.3 Å². The molecule has 0 aliphatic heterocycles. The summed E-state index contributed by atoms with van der Waals surface area (Å²) in [6.07, 6.45) is 0.425. The van der Waals surface area contributed by atoms with E-state index in [-0.39, 0.29) is 16.7 Å². The molecular formula is C35H37N5O4S. The summed E-state index contributed by atoms with van der Waals surface area (Å²) in [4.78, 5) is 24.6. The highest BCUT2D eigenvalue weighted by atomic mass is 32.2. The molecule has 3 N–H and O–H groups in total. The van der Waals surface area contributed by atoms with Crippen molar-refractivity contribution in [3.63, 3.8) is 0 Å². The minimum Gasteiger partial charge on any atom is -0.494 e. The van der Waals surface area contributed by atoms with Gasteiger partial charge in [0, 0.05) is 47.9 Å². The Hall–Kier alpha value is -4.93. The molecule has 1 aromatic heterocycles. The molecule has 0 radical (unpaired) electrons. The van der Waals surface area contributed by atoms with Crippen LogP contribution in [0, 0.1) is 0 Å². The number of sulfonamides is 1. The lowest BCUT2D eigenvalue weighted by Gasteiger charge is -2.21. The molecule has 0 saturated heterocycles. The van der Waals surface area contributed by atoms with Gasteiger partial charge in [-0.3, -0.25) is 9.52 Å². The number of carbonyl (C=O) groups is 1. The van der Waals surface area contributed by atoms with Crippen LogP contribution in [0.2, 0.25) is 0 Å². The van der Waals surface area contributed by atoms with Crippen LogP contribution in [0.1, 0.15) is 31.4 Å². The number of amides is 1. The normalized spacial score (nSPS) is 12.0. The first-order valence-electron chi connectivity index (χ1n) is 14.9. The summed E-state index contributed by atoms with van der Waals surface area (Å²) in [7, 11) is -2.15. The summed E-state index contributed by atoms with van der Waals surface area (Å²) < 4.78 is 29.2. The van der Waals surface area contributed by atoms with Crippen molar-refractivity contribution in [1.82, 2.24) is 9.88 Å². The van der Waals surface area contributed by atoms with Gasteiger partial charge in [0.15, 0.2) is 5.88 Å². The van der Waals surface area contributed by atoms with E-state index in [2.05, 4.69) is 28.5 Å². The number of aromatic nitrogens is 1. The topological polar surface area (TPSA) is 118 Å². The largest absolute Gasteiger partial charge is 0.494 e. The Balaban J connectivity index is 1.51. The molecule has 10 heteroatoms. The fraction of sp³-hybridized carbons (Fsp3) is 0.200. The molecule has 1 heterocycles. The molecule has 0 spiro atoms. The van der Waals surface area contributed by atoms with Crippen LogP contribution in [-0.2, 0) is 14.8 Å². The van der Waals surface area contributed by atoms with Crippen LogP contribution >= 0.6 is 0 Å². The van der Waals surface area contributed by atoms with Gasteiger partial charge in [-0.25, -0.2) is 13.4 Å². The van der Waals surface area contributed by atoms with Gasteiger partial charge in [0.25, 0.3) is 10.0 Å². The fourth-order valence-electron chi connectivity index (χ4n) is 5.13. The quantitative estimate of drug-likeness (QED) is 0.137. The summed E-state index contributed by atoms with van der Waals surface area (Å²) in [6, 6.07) is 30.0. The third-order valence-electron chi connectivity index (χ3n) is 7.76. The Morgan fingerprint density at radius 3 is 2.18 bits per heavy atom. The predicted molar refractivity (Wildman–Crippen MR) is 181 cm³/mol. The van der Waals surface area contributed by atoms with Crippen molar-refractivity contribution in [3.05, 3.63) is 114 Å². The highest BCUT2D eigenvalue weighted by Gasteiger charge is 2.22. The van der Waals surface area contributed by atoms with Gasteiger partial charge in [-0.15, -0.1) is 0 Å². The summed E-state index contributed by atoms with van der Waals surface area (Å²) in [5, 5.41) is 11.6. The number of carbonyl (C=O) groups excluding carboxylic acids is 1. The Labute approximate surface area is 263 Å². The van der Waals surface area contributed by atoms with Crippen molar-refractivity contribution in [1.29, 1.82) is 0 Å². The van der Waals surface area contributed by atoms with Crippen molar-refractivity contribution >= 4 is 49.6 Å². The molecule has 0 aliphatic rings. The SMILES string of the molecule is CCN(CC)CCC(=O)N(C)c1ccc(N=C(c2ccccc2)c2c(O)[nH]c3ccc(S(=O)(=O)Nc4ccccc4)cc23)cc1. The molecule has 0 bridgehead atoms. The van der Waals surface area contributed by atoms with Crippen molar-refractivity contribution < 1.29 is 18.3 Å². The van der Waals surface area contributed by atoms with Gasteiger partial charge >= 0.3 is 0 Å². The van der Waals surface area contributed by atoms with E-state index < -0.39 is 10.0 Å². The van der Waals surface area contributed by atoms with Crippen LogP contribution in [0.3, 0.4) is 0 Å². The number of hydrogen-bond acceptors (Lipinski definition) is 6. The standard InChI is InChI=1S/C35H37N5O4S/c1-4-40(5-2)23-22-32(41)39(3)28-18-16-26(17-19-28)36-34(25-12-8-6-9-13-25)33-30-24-29(20-21-31(30)37-35(33)42)45(43,44)38-27-14-10-7-11-15-27/h6-21,24,37-38,42H,4-5,22-23H2,1-3H3. The maximum Gasteiger partial charge on any atom is 0.261 e. The van der Waals surface area contributed by atoms with E-state index >= 15 is 0 Å². The molecule has 0 fully saturated rings. The molecule has 5 rings (SSSR count). The molecule has 45 heavy (non-hydrogen) atoms. The number of nitrogens with zero attached hydrogens (tertiary/aromatic N) is 3. The fourth-order valence-corrected chi connectivity index (χ4v) is 6.21. The monoisotopic (exact) mass is 623 g/mol. The first kappa shape index (κ1) is 31.5. The first-order chi connectivity index (χ1) is 21.7. The third kappa shape index (κ3) is 7.25. The van der Waals surface area contributed by atoms with Crippen LogP contribution in [0.4, 0.5) is 17.1 Å². The van der Waals surface area contributed by atoms with E-state index in [0.29, 0.717) is 46.5 Å². The average molecular weight is 624 g/mol. The van der Waals surface area contributed by atoms with Crippen molar-refractivity contribution in [2.75, 3.05) is 36.3 Å². The molecule has 0 unspecified atom stereocenters. The molecule has 0 aliphatic carbocycles. The van der Waals surface area contributed by atoms with E-state index in [4.69, 9.17) is 4.99 Å². The minimum absolute atomic E-state index is 0.0272. The van der Waals surface area contributed by atoms with Crippen molar-refractivity contribution in [2.24, 2.45) is 4.99 Å². The second-order valence-electron chi connectivity index (χ2n) is 10.6. The van der Waals surface area contributed by atoms with Crippen LogP contribution in [0.5, 0.6) is 5.88 Å². The summed E-state index contributed by atoms with van der Waals surface area (Å²) in [5.41, 5.74) is 3.92. The van der Waals surface area contributed by atoms with Crippen LogP contribution in [0.15, 0.2) is 113 Å². The van der Waals surface area contributed by atoms with Crippen molar-refractivity contribution in [3.8, 4) is 5.88 Å². The maximum absolute atomic E-state index is 13.3. The lowest BCUT2D eigenvalue weighted by Crippen LogP contribution is -2.32. The highest BCUT2D eigenvalue weighted by Crippen LogP contribution is 2.33. The van der Waals surface area contributed by atoms with Crippen LogP contribution in [0.25, 0.3) is 10.9 Å². The van der Waals surface area contributed by atoms with Crippen molar-refractivity contribution in [2.45, 2.75) is 25.2 Å². The van der Waals surface area contributed by atoms with Gasteiger partial charge in [-0.2, -0.15) is 0 Å². The number of anilines is 2. The Morgan fingerprint density at radius 2 is 1.53 bits per heavy atom. The summed E-state index contributed by atoms with van der Waals surface area (Å²) in [5.74, 6) is -0.104. The number of nitrogens with one attached hydrogen (secondary N) is 2. The number of H-pyrrole nitrogens is 1. The number of aromatic hydroxyl groups is 1. The number of rotatable bonds is 12. The van der Waals surface area contributed by atoms with Crippen LogP contribution in [-0.4, -0.2) is 61.7 Å². The molecule has 1 amide bonds. The van der Waals surface area contributed by atoms with E-state index in [1.165, 1.54) is 12.1 Å². The number of aromatic amines is 1. The number of fused-ring (bicyclic) bond motifs is 1. The van der Waals surface area contributed by atoms with E-state index in [1.807, 2.05) is 60.7 Å². The predicted octanol–water partition coefficient (Wildman–Crippen LogP) is 6.54. The zero-order valence-corrected chi connectivity index (χ0v) is 26.4. The molecule has 0 saturated carbocycles. The number of benzene rings is 4. The third-order valence-corrected chi connectivity index (χ3v) is 9.14. The zero-order chi connectivity index (χ0) is 32.0. The second-order valence-corrected chi connectivity index (χ2v) is 12.3. The Morgan fingerprint density at radius 1 is 0.889 bits per heavy atom. The Bertz CT molecular complexity index is 1900. The molecule has 0 atom stereocenters. The molecular weight excluding hydrogens is 586 g/mol. The molecule has 5 aromatic rings. The highest BCUT2D eigenvalue weighted by molar-refractivity contribution is 7.92. The molecule has 9 nitrogen and oxygen atoms in total. The average Bonchev–Trinajstić information content (AvgIpc) is 3.39. The zero-order valence-electron chi connectivity index (χ0n) is 25.6. The molecule has 4 aromatic carbocycles. The molecule has 232 valence electrons. The van der Waals surface area contributed by atoms with Crippen LogP contribution < -0.4 is 9.62 Å². The summed E-state index contributed by atoms with van der Waals surface area (Å²) >= 11 is 0. The second kappa shape index (κ2) is 13.8. The first-order valence-corrected chi connectivity index (χ1v) is 16.3. The van der Waals surface area contributed by atoms with Gasteiger partial charge in [0.1, 0.15) is 0 Å². The van der Waals surface area contributed by atoms with E-state index in [0.717, 1.165) is 24.3 Å². The van der Waals surface area contributed by atoms with Gasteiger partial charge in [-0.05, 0) is 67.7 Å². The number of aliphatic imine (C=N–C) groups is 1. The number of hydrogen-bond donors (Lipinski definition) is 3. The van der Waals surface area contributed by atoms with E-state index in [1.54, 1.807) is 42.3 Å². The van der Waals surface area contributed by atoms with Gasteiger partial charge < -0.3 is 19.9 Å².